The van der Waals surface area contributed by atoms with E-state index in [-0.39, 0.29) is 0 Å². The lowest BCUT2D eigenvalue weighted by atomic mass is 10.1. The summed E-state index contributed by atoms with van der Waals surface area (Å²) in [6.45, 7) is 12.0. The van der Waals surface area contributed by atoms with Crippen LogP contribution >= 0.6 is 0 Å². The summed E-state index contributed by atoms with van der Waals surface area (Å²) in [6.07, 6.45) is 0.758. The molecular formula is C12H23NO2. The van der Waals surface area contributed by atoms with Crippen LogP contribution in [0, 0.1) is 0 Å². The van der Waals surface area contributed by atoms with E-state index in [9.17, 15) is 4.79 Å². The molecule has 0 aromatic rings. The maximum atomic E-state index is 11.0. The molecule has 0 atom stereocenters. The van der Waals surface area contributed by atoms with E-state index in [2.05, 4.69) is 32.6 Å². The molecule has 15 heavy (non-hydrogen) atoms. The molecule has 1 N–H and O–H groups in total. The first-order chi connectivity index (χ1) is 6.82. The van der Waals surface area contributed by atoms with Gasteiger partial charge in [-0.1, -0.05) is 6.92 Å². The third-order valence-electron chi connectivity index (χ3n) is 2.51. The monoisotopic (exact) mass is 213 g/mol. The Bertz CT molecular complexity index is 246. The van der Waals surface area contributed by atoms with Crippen LogP contribution in [0.1, 0.15) is 48.0 Å². The smallest absolute Gasteiger partial charge is 0.333 e. The summed E-state index contributed by atoms with van der Waals surface area (Å²) < 4.78 is 0. The van der Waals surface area contributed by atoms with Gasteiger partial charge < -0.3 is 10.0 Å². The first kappa shape index (κ1) is 14.0. The number of rotatable bonds is 5. The third kappa shape index (κ3) is 3.57. The predicted molar refractivity (Wildman–Crippen MR) is 62.7 cm³/mol. The Kier molecular flexibility index (Phi) is 5.40. The SMILES string of the molecule is CCC(=C(C)C(=O)O)N(C(C)C)C(C)C. The molecule has 0 heterocycles. The zero-order chi connectivity index (χ0) is 12.2. The van der Waals surface area contributed by atoms with Gasteiger partial charge in [0.1, 0.15) is 0 Å². The minimum absolute atomic E-state index is 0.328. The van der Waals surface area contributed by atoms with E-state index >= 15 is 0 Å². The number of hydrogen-bond acceptors (Lipinski definition) is 2. The van der Waals surface area contributed by atoms with E-state index in [1.165, 1.54) is 0 Å². The van der Waals surface area contributed by atoms with Crippen LogP contribution in [0.3, 0.4) is 0 Å². The van der Waals surface area contributed by atoms with E-state index < -0.39 is 5.97 Å². The van der Waals surface area contributed by atoms with Crippen LogP contribution in [0.2, 0.25) is 0 Å². The number of allylic oxidation sites excluding steroid dienone is 1. The van der Waals surface area contributed by atoms with Gasteiger partial charge >= 0.3 is 5.97 Å². The van der Waals surface area contributed by atoms with Crippen LogP contribution in [0.25, 0.3) is 0 Å². The van der Waals surface area contributed by atoms with Gasteiger partial charge in [0.25, 0.3) is 0 Å². The highest BCUT2D eigenvalue weighted by molar-refractivity contribution is 5.86. The average Bonchev–Trinajstić information content (AvgIpc) is 2.10. The Morgan fingerprint density at radius 3 is 1.80 bits per heavy atom. The second kappa shape index (κ2) is 5.79. The summed E-state index contributed by atoms with van der Waals surface area (Å²) in [5, 5.41) is 9.01. The van der Waals surface area contributed by atoms with Crippen molar-refractivity contribution < 1.29 is 9.90 Å². The van der Waals surface area contributed by atoms with Crippen molar-refractivity contribution >= 4 is 5.97 Å². The molecule has 0 saturated carbocycles. The summed E-state index contributed by atoms with van der Waals surface area (Å²) in [6, 6.07) is 0.656. The molecule has 0 aromatic heterocycles. The molecule has 0 aliphatic carbocycles. The second-order valence-electron chi connectivity index (χ2n) is 4.33. The van der Waals surface area contributed by atoms with Crippen LogP contribution in [0.15, 0.2) is 11.3 Å². The van der Waals surface area contributed by atoms with E-state index in [0.717, 1.165) is 12.1 Å². The number of aliphatic carboxylic acids is 1. The number of carboxylic acid groups (broad SMARTS) is 1. The molecule has 0 spiro atoms. The van der Waals surface area contributed by atoms with Gasteiger partial charge in [0, 0.05) is 17.8 Å². The van der Waals surface area contributed by atoms with Crippen LogP contribution in [0.4, 0.5) is 0 Å². The molecule has 0 unspecified atom stereocenters. The molecule has 3 heteroatoms. The van der Waals surface area contributed by atoms with Crippen LogP contribution in [-0.4, -0.2) is 28.1 Å². The molecule has 0 aliphatic rings. The van der Waals surface area contributed by atoms with Crippen molar-refractivity contribution in [1.82, 2.24) is 4.90 Å². The fourth-order valence-electron chi connectivity index (χ4n) is 1.98. The van der Waals surface area contributed by atoms with Gasteiger partial charge in [-0.25, -0.2) is 4.79 Å². The van der Waals surface area contributed by atoms with Gasteiger partial charge in [0.15, 0.2) is 0 Å². The van der Waals surface area contributed by atoms with E-state index in [1.54, 1.807) is 6.92 Å². The largest absolute Gasteiger partial charge is 0.478 e. The lowest BCUT2D eigenvalue weighted by Gasteiger charge is -2.35. The van der Waals surface area contributed by atoms with Crippen LogP contribution in [0.5, 0.6) is 0 Å². The Hall–Kier alpha value is -0.990. The van der Waals surface area contributed by atoms with Crippen molar-refractivity contribution in [1.29, 1.82) is 0 Å². The molecule has 0 amide bonds. The quantitative estimate of drug-likeness (QED) is 0.714. The summed E-state index contributed by atoms with van der Waals surface area (Å²) in [5.74, 6) is -0.821. The average molecular weight is 213 g/mol. The molecule has 0 saturated heterocycles. The van der Waals surface area contributed by atoms with E-state index in [0.29, 0.717) is 17.7 Å². The number of hydrogen-bond donors (Lipinski definition) is 1. The van der Waals surface area contributed by atoms with Crippen molar-refractivity contribution in [3.8, 4) is 0 Å². The summed E-state index contributed by atoms with van der Waals surface area (Å²) in [7, 11) is 0. The van der Waals surface area contributed by atoms with E-state index in [1.807, 2.05) is 6.92 Å². The minimum atomic E-state index is -0.821. The number of carbonyl (C=O) groups is 1. The lowest BCUT2D eigenvalue weighted by molar-refractivity contribution is -0.132. The molecule has 0 bridgehead atoms. The molecule has 0 fully saturated rings. The fourth-order valence-corrected chi connectivity index (χ4v) is 1.98. The van der Waals surface area contributed by atoms with Gasteiger partial charge in [-0.05, 0) is 41.0 Å². The molecule has 88 valence electrons. The fraction of sp³-hybridized carbons (Fsp3) is 0.750. The van der Waals surface area contributed by atoms with Crippen molar-refractivity contribution in [2.24, 2.45) is 0 Å². The standard InChI is InChI=1S/C12H23NO2/c1-7-11(10(6)12(14)15)13(8(2)3)9(4)5/h8-9H,7H2,1-6H3,(H,14,15). The normalized spacial score (nSPS) is 13.1. The van der Waals surface area contributed by atoms with Gasteiger partial charge in [0.05, 0.1) is 5.57 Å². The highest BCUT2D eigenvalue weighted by Gasteiger charge is 2.19. The topological polar surface area (TPSA) is 40.5 Å². The van der Waals surface area contributed by atoms with Crippen molar-refractivity contribution in [3.05, 3.63) is 11.3 Å². The Labute approximate surface area is 92.8 Å². The van der Waals surface area contributed by atoms with Crippen LogP contribution < -0.4 is 0 Å². The Morgan fingerprint density at radius 2 is 1.60 bits per heavy atom. The number of carboxylic acids is 1. The second-order valence-corrected chi connectivity index (χ2v) is 4.33. The Morgan fingerprint density at radius 1 is 1.20 bits per heavy atom. The Balaban J connectivity index is 5.24. The lowest BCUT2D eigenvalue weighted by Crippen LogP contribution is -2.37. The first-order valence-electron chi connectivity index (χ1n) is 5.54. The molecule has 0 aliphatic heterocycles. The molecular weight excluding hydrogens is 190 g/mol. The maximum Gasteiger partial charge on any atom is 0.333 e. The van der Waals surface area contributed by atoms with Gasteiger partial charge in [-0.3, -0.25) is 0 Å². The van der Waals surface area contributed by atoms with Crippen LogP contribution in [-0.2, 0) is 4.79 Å². The van der Waals surface area contributed by atoms with E-state index in [4.69, 9.17) is 5.11 Å². The third-order valence-corrected chi connectivity index (χ3v) is 2.51. The highest BCUT2D eigenvalue weighted by Crippen LogP contribution is 2.20. The first-order valence-corrected chi connectivity index (χ1v) is 5.54. The molecule has 3 nitrogen and oxygen atoms in total. The van der Waals surface area contributed by atoms with Crippen molar-refractivity contribution in [2.45, 2.75) is 60.0 Å². The summed E-state index contributed by atoms with van der Waals surface area (Å²) >= 11 is 0. The zero-order valence-corrected chi connectivity index (χ0v) is 10.7. The predicted octanol–water partition coefficient (Wildman–Crippen LogP) is 2.87. The van der Waals surface area contributed by atoms with Crippen molar-refractivity contribution in [2.75, 3.05) is 0 Å². The molecule has 0 radical (unpaired) electrons. The number of nitrogens with zero attached hydrogens (tertiary/aromatic N) is 1. The van der Waals surface area contributed by atoms with Gasteiger partial charge in [-0.15, -0.1) is 0 Å². The maximum absolute atomic E-state index is 11.0. The van der Waals surface area contributed by atoms with Gasteiger partial charge in [-0.2, -0.15) is 0 Å². The summed E-state index contributed by atoms with van der Waals surface area (Å²) in [4.78, 5) is 13.1. The van der Waals surface area contributed by atoms with Gasteiger partial charge in [0.2, 0.25) is 0 Å². The molecule has 0 aromatic carbocycles. The highest BCUT2D eigenvalue weighted by atomic mass is 16.4. The zero-order valence-electron chi connectivity index (χ0n) is 10.7. The minimum Gasteiger partial charge on any atom is -0.478 e. The van der Waals surface area contributed by atoms with Crippen molar-refractivity contribution in [3.63, 3.8) is 0 Å². The molecule has 0 rings (SSSR count). The summed E-state index contributed by atoms with van der Waals surface area (Å²) in [5.41, 5.74) is 1.40.